The first-order valence-corrected chi connectivity index (χ1v) is 10.1. The molecule has 0 bridgehead atoms. The predicted octanol–water partition coefficient (Wildman–Crippen LogP) is 3.67. The Labute approximate surface area is 175 Å². The first-order chi connectivity index (χ1) is 14.6. The van der Waals surface area contributed by atoms with Crippen molar-refractivity contribution in [2.45, 2.75) is 25.4 Å². The molecule has 0 fully saturated rings. The molecule has 0 spiro atoms. The summed E-state index contributed by atoms with van der Waals surface area (Å²) < 4.78 is 15.9. The van der Waals surface area contributed by atoms with E-state index in [2.05, 4.69) is 9.88 Å². The predicted molar refractivity (Wildman–Crippen MR) is 113 cm³/mol. The number of benzene rings is 1. The van der Waals surface area contributed by atoms with E-state index in [0.29, 0.717) is 31.5 Å². The number of nitrogens with zero attached hydrogens (tertiary/aromatic N) is 2. The molecule has 2 heterocycles. The highest BCUT2D eigenvalue weighted by atomic mass is 19.1. The molecule has 1 aliphatic heterocycles. The Hall–Kier alpha value is -3.41. The molecule has 1 aromatic heterocycles. The lowest BCUT2D eigenvalue weighted by molar-refractivity contribution is -0.134. The van der Waals surface area contributed by atoms with Gasteiger partial charge in [-0.2, -0.15) is 0 Å². The second-order valence-corrected chi connectivity index (χ2v) is 7.38. The number of carbonyl (C=O) groups is 2. The van der Waals surface area contributed by atoms with Gasteiger partial charge < -0.3 is 14.8 Å². The van der Waals surface area contributed by atoms with Gasteiger partial charge in [0.05, 0.1) is 12.6 Å². The van der Waals surface area contributed by atoms with Crippen LogP contribution in [0.4, 0.5) is 4.39 Å². The van der Waals surface area contributed by atoms with Crippen LogP contribution in [-0.4, -0.2) is 34.4 Å². The summed E-state index contributed by atoms with van der Waals surface area (Å²) in [4.78, 5) is 26.9. The van der Waals surface area contributed by atoms with Crippen molar-refractivity contribution in [2.24, 2.45) is 0 Å². The minimum atomic E-state index is -0.417. The van der Waals surface area contributed by atoms with Gasteiger partial charge in [-0.15, -0.1) is 0 Å². The van der Waals surface area contributed by atoms with E-state index >= 15 is 0 Å². The van der Waals surface area contributed by atoms with Crippen molar-refractivity contribution >= 4 is 11.8 Å². The van der Waals surface area contributed by atoms with Gasteiger partial charge in [0.1, 0.15) is 5.83 Å². The van der Waals surface area contributed by atoms with Crippen molar-refractivity contribution in [2.75, 3.05) is 13.1 Å². The van der Waals surface area contributed by atoms with E-state index in [-0.39, 0.29) is 24.3 Å². The second-order valence-electron chi connectivity index (χ2n) is 7.38. The topological polar surface area (TPSA) is 54.3 Å². The highest BCUT2D eigenvalue weighted by molar-refractivity contribution is 5.91. The van der Waals surface area contributed by atoms with E-state index in [4.69, 9.17) is 0 Å². The lowest BCUT2D eigenvalue weighted by atomic mass is 10.00. The maximum Gasteiger partial charge on any atom is 0.244 e. The van der Waals surface area contributed by atoms with Gasteiger partial charge in [0, 0.05) is 43.1 Å². The zero-order valence-electron chi connectivity index (χ0n) is 16.6. The minimum Gasteiger partial charge on any atom is -0.348 e. The quantitative estimate of drug-likeness (QED) is 0.772. The Morgan fingerprint density at radius 3 is 2.77 bits per heavy atom. The smallest absolute Gasteiger partial charge is 0.244 e. The lowest BCUT2D eigenvalue weighted by Gasteiger charge is -2.37. The van der Waals surface area contributed by atoms with Crippen molar-refractivity contribution in [3.8, 4) is 0 Å². The van der Waals surface area contributed by atoms with Crippen molar-refractivity contribution in [1.29, 1.82) is 0 Å². The Morgan fingerprint density at radius 2 is 1.97 bits per heavy atom. The fourth-order valence-electron chi connectivity index (χ4n) is 3.93. The molecular weight excluding hydrogens is 381 g/mol. The van der Waals surface area contributed by atoms with Gasteiger partial charge >= 0.3 is 0 Å². The molecule has 30 heavy (non-hydrogen) atoms. The zero-order chi connectivity index (χ0) is 20.9. The van der Waals surface area contributed by atoms with Gasteiger partial charge in [-0.3, -0.25) is 9.59 Å². The van der Waals surface area contributed by atoms with E-state index in [1.807, 2.05) is 54.7 Å². The summed E-state index contributed by atoms with van der Waals surface area (Å²) in [5, 5.41) is 2.63. The normalized spacial score (nSPS) is 18.6. The van der Waals surface area contributed by atoms with Gasteiger partial charge in [0.2, 0.25) is 11.8 Å². The third-order valence-corrected chi connectivity index (χ3v) is 5.44. The van der Waals surface area contributed by atoms with Crippen LogP contribution in [0.5, 0.6) is 0 Å². The molecule has 2 aromatic rings. The molecule has 2 aliphatic rings. The molecule has 5 nitrogen and oxygen atoms in total. The summed E-state index contributed by atoms with van der Waals surface area (Å²) in [6.45, 7) is 1.17. The Kier molecular flexibility index (Phi) is 5.93. The zero-order valence-corrected chi connectivity index (χ0v) is 16.6. The van der Waals surface area contributed by atoms with Crippen molar-refractivity contribution in [3.05, 3.63) is 95.6 Å². The van der Waals surface area contributed by atoms with Crippen LogP contribution in [0.15, 0.2) is 84.4 Å². The fourth-order valence-corrected chi connectivity index (χ4v) is 3.93. The first-order valence-electron chi connectivity index (χ1n) is 10.1. The molecule has 4 rings (SSSR count). The largest absolute Gasteiger partial charge is 0.348 e. The van der Waals surface area contributed by atoms with Gasteiger partial charge in [-0.1, -0.05) is 42.5 Å². The number of rotatable bonds is 5. The Balaban J connectivity index is 1.43. The number of carbonyl (C=O) groups excluding carboxylic acids is 2. The van der Waals surface area contributed by atoms with Crippen LogP contribution in [0.2, 0.25) is 0 Å². The van der Waals surface area contributed by atoms with Gasteiger partial charge in [-0.25, -0.2) is 4.39 Å². The lowest BCUT2D eigenvalue weighted by Crippen LogP contribution is -2.46. The van der Waals surface area contributed by atoms with Crippen molar-refractivity contribution in [3.63, 3.8) is 0 Å². The fraction of sp³-hybridized carbons (Fsp3) is 0.250. The van der Waals surface area contributed by atoms with E-state index < -0.39 is 5.91 Å². The molecule has 1 atom stereocenters. The van der Waals surface area contributed by atoms with Crippen LogP contribution < -0.4 is 5.32 Å². The van der Waals surface area contributed by atoms with Crippen LogP contribution in [0.1, 0.15) is 30.1 Å². The molecule has 6 heteroatoms. The molecule has 0 radical (unpaired) electrons. The number of halogens is 1. The highest BCUT2D eigenvalue weighted by Crippen LogP contribution is 2.32. The molecule has 0 saturated carbocycles. The molecule has 1 aliphatic carbocycles. The molecule has 2 amide bonds. The number of fused-ring (bicyclic) bond motifs is 1. The maximum absolute atomic E-state index is 13.7. The molecule has 1 unspecified atom stereocenters. The van der Waals surface area contributed by atoms with E-state index in [0.717, 1.165) is 11.3 Å². The summed E-state index contributed by atoms with van der Waals surface area (Å²) in [7, 11) is 0. The summed E-state index contributed by atoms with van der Waals surface area (Å²) in [5.74, 6) is -0.792. The Morgan fingerprint density at radius 1 is 1.13 bits per heavy atom. The molecule has 1 N–H and O–H groups in total. The highest BCUT2D eigenvalue weighted by Gasteiger charge is 2.31. The van der Waals surface area contributed by atoms with Crippen molar-refractivity contribution in [1.82, 2.24) is 14.8 Å². The number of hydrogen-bond acceptors (Lipinski definition) is 2. The van der Waals surface area contributed by atoms with E-state index in [9.17, 15) is 14.0 Å². The maximum atomic E-state index is 13.7. The molecular formula is C24H24FN3O2. The van der Waals surface area contributed by atoms with Crippen molar-refractivity contribution < 1.29 is 14.0 Å². The number of hydrogen-bond donors (Lipinski definition) is 1. The molecule has 1 aromatic carbocycles. The third-order valence-electron chi connectivity index (χ3n) is 5.44. The average molecular weight is 405 g/mol. The van der Waals surface area contributed by atoms with Crippen LogP contribution in [0, 0.1) is 0 Å². The number of allylic oxidation sites excluding steroid dienone is 5. The van der Waals surface area contributed by atoms with Gasteiger partial charge in [0.15, 0.2) is 0 Å². The first kappa shape index (κ1) is 19.9. The van der Waals surface area contributed by atoms with Gasteiger partial charge in [0.25, 0.3) is 0 Å². The summed E-state index contributed by atoms with van der Waals surface area (Å²) in [6, 6.07) is 13.7. The van der Waals surface area contributed by atoms with Crippen LogP contribution in [0.25, 0.3) is 0 Å². The van der Waals surface area contributed by atoms with Crippen LogP contribution in [0.3, 0.4) is 0 Å². The van der Waals surface area contributed by atoms with Gasteiger partial charge in [-0.05, 0) is 30.2 Å². The minimum absolute atomic E-state index is 0.107. The monoisotopic (exact) mass is 405 g/mol. The number of nitrogens with one attached hydrogen (secondary N) is 1. The second kappa shape index (κ2) is 8.95. The molecule has 154 valence electrons. The van der Waals surface area contributed by atoms with E-state index in [1.54, 1.807) is 11.0 Å². The van der Waals surface area contributed by atoms with Crippen LogP contribution >= 0.6 is 0 Å². The number of amides is 2. The summed E-state index contributed by atoms with van der Waals surface area (Å²) in [6.07, 6.45) is 9.31. The Bertz CT molecular complexity index is 1020. The van der Waals surface area contributed by atoms with Crippen LogP contribution in [-0.2, 0) is 16.1 Å². The summed E-state index contributed by atoms with van der Waals surface area (Å²) in [5.41, 5.74) is 2.49. The standard InChI is InChI=1S/C24H24FN3O2/c25-20-10-5-4-7-18(20)12-13-22(29)26-17-23(30)28-16-15-27-14-6-11-21(27)24(28)19-8-2-1-3-9-19/h1-4,6-9,11-14,24H,5,10,15-17H2,(H,26,29)/b13-12+. The summed E-state index contributed by atoms with van der Waals surface area (Å²) >= 11 is 0. The third kappa shape index (κ3) is 4.27. The molecule has 0 saturated heterocycles. The SMILES string of the molecule is O=C(/C=C/C1=C(F)CCC=C1)NCC(=O)N1CCn2cccc2C1c1ccccc1. The average Bonchev–Trinajstić information content (AvgIpc) is 3.25. The van der Waals surface area contributed by atoms with E-state index in [1.165, 1.54) is 12.2 Å². The number of aromatic nitrogens is 1.